The highest BCUT2D eigenvalue weighted by Gasteiger charge is 2.10. The molecule has 18 heavy (non-hydrogen) atoms. The van der Waals surface area contributed by atoms with Crippen molar-refractivity contribution < 1.29 is 4.74 Å². The minimum Gasteiger partial charge on any atom is -0.377 e. The van der Waals surface area contributed by atoms with Crippen molar-refractivity contribution in [2.75, 3.05) is 38.0 Å². The highest BCUT2D eigenvalue weighted by atomic mass is 16.5. The fourth-order valence-electron chi connectivity index (χ4n) is 1.69. The lowest BCUT2D eigenvalue weighted by molar-refractivity contribution is 0.178. The van der Waals surface area contributed by atoms with Crippen molar-refractivity contribution in [2.45, 2.75) is 26.9 Å². The minimum atomic E-state index is 0.430. The molecule has 1 atom stereocenters. The summed E-state index contributed by atoms with van der Waals surface area (Å²) in [6, 6.07) is 1.96. The molecule has 0 aromatic carbocycles. The van der Waals surface area contributed by atoms with Gasteiger partial charge in [0.15, 0.2) is 5.82 Å². The Hall–Kier alpha value is -1.36. The standard InChI is InChI=1S/C13H24N4O/c1-6-10(2)8-17(4)13-7-11(14-3)15-12(16-13)9-18-5/h7,10H,6,8-9H2,1-5H3,(H,14,15,16). The Labute approximate surface area is 110 Å². The van der Waals surface area contributed by atoms with Gasteiger partial charge in [0.2, 0.25) is 0 Å². The summed E-state index contributed by atoms with van der Waals surface area (Å²) in [6.45, 7) is 5.86. The lowest BCUT2D eigenvalue weighted by atomic mass is 10.1. The van der Waals surface area contributed by atoms with Gasteiger partial charge < -0.3 is 15.0 Å². The quantitative estimate of drug-likeness (QED) is 0.805. The second-order valence-electron chi connectivity index (χ2n) is 4.60. The average Bonchev–Trinajstić information content (AvgIpc) is 2.38. The van der Waals surface area contributed by atoms with Crippen LogP contribution in [-0.4, -0.2) is 37.7 Å². The van der Waals surface area contributed by atoms with Crippen LogP contribution >= 0.6 is 0 Å². The smallest absolute Gasteiger partial charge is 0.158 e. The van der Waals surface area contributed by atoms with Gasteiger partial charge >= 0.3 is 0 Å². The molecule has 0 aliphatic heterocycles. The molecule has 1 aromatic heterocycles. The van der Waals surface area contributed by atoms with E-state index in [0.717, 1.165) is 18.2 Å². The number of aromatic nitrogens is 2. The maximum atomic E-state index is 5.09. The molecule has 0 amide bonds. The van der Waals surface area contributed by atoms with Crippen molar-refractivity contribution in [3.63, 3.8) is 0 Å². The van der Waals surface area contributed by atoms with E-state index in [1.165, 1.54) is 6.42 Å². The monoisotopic (exact) mass is 252 g/mol. The van der Waals surface area contributed by atoms with Crippen LogP contribution in [0.3, 0.4) is 0 Å². The van der Waals surface area contributed by atoms with Crippen LogP contribution < -0.4 is 10.2 Å². The summed E-state index contributed by atoms with van der Waals surface area (Å²) in [7, 11) is 5.57. The molecule has 0 saturated heterocycles. The number of nitrogens with zero attached hydrogens (tertiary/aromatic N) is 3. The topological polar surface area (TPSA) is 50.3 Å². The van der Waals surface area contributed by atoms with E-state index in [1.54, 1.807) is 7.11 Å². The average molecular weight is 252 g/mol. The van der Waals surface area contributed by atoms with Crippen molar-refractivity contribution in [2.24, 2.45) is 5.92 Å². The Bertz CT molecular complexity index is 370. The zero-order valence-corrected chi connectivity index (χ0v) is 12.0. The Kier molecular flexibility index (Phi) is 5.85. The van der Waals surface area contributed by atoms with Crippen LogP contribution in [0.5, 0.6) is 0 Å². The van der Waals surface area contributed by atoms with Crippen LogP contribution in [0.25, 0.3) is 0 Å². The molecule has 1 aromatic rings. The molecule has 5 nitrogen and oxygen atoms in total. The second kappa shape index (κ2) is 7.16. The fraction of sp³-hybridized carbons (Fsp3) is 0.692. The minimum absolute atomic E-state index is 0.430. The summed E-state index contributed by atoms with van der Waals surface area (Å²) in [6.07, 6.45) is 1.17. The highest BCUT2D eigenvalue weighted by Crippen LogP contribution is 2.16. The van der Waals surface area contributed by atoms with E-state index in [0.29, 0.717) is 18.3 Å². The van der Waals surface area contributed by atoms with Gasteiger partial charge in [0.25, 0.3) is 0 Å². The molecule has 0 radical (unpaired) electrons. The SMILES string of the molecule is CCC(C)CN(C)c1cc(NC)nc(COC)n1. The van der Waals surface area contributed by atoms with Crippen LogP contribution in [0.15, 0.2) is 6.07 Å². The molecule has 102 valence electrons. The van der Waals surface area contributed by atoms with Crippen molar-refractivity contribution in [1.82, 2.24) is 9.97 Å². The first-order chi connectivity index (χ1) is 8.60. The number of nitrogens with one attached hydrogen (secondary N) is 1. The van der Waals surface area contributed by atoms with Crippen LogP contribution in [0.1, 0.15) is 26.1 Å². The molecular weight excluding hydrogens is 228 g/mol. The van der Waals surface area contributed by atoms with Crippen LogP contribution in [-0.2, 0) is 11.3 Å². The van der Waals surface area contributed by atoms with E-state index in [4.69, 9.17) is 4.74 Å². The molecule has 0 bridgehead atoms. The lowest BCUT2D eigenvalue weighted by Crippen LogP contribution is -2.25. The highest BCUT2D eigenvalue weighted by molar-refractivity contribution is 5.48. The Morgan fingerprint density at radius 3 is 2.72 bits per heavy atom. The van der Waals surface area contributed by atoms with Gasteiger partial charge in [-0.15, -0.1) is 0 Å². The summed E-state index contributed by atoms with van der Waals surface area (Å²) in [4.78, 5) is 11.0. The van der Waals surface area contributed by atoms with Gasteiger partial charge in [-0.05, 0) is 5.92 Å². The maximum absolute atomic E-state index is 5.09. The Morgan fingerprint density at radius 1 is 1.44 bits per heavy atom. The van der Waals surface area contributed by atoms with E-state index in [2.05, 4.69) is 41.1 Å². The van der Waals surface area contributed by atoms with Crippen molar-refractivity contribution in [3.8, 4) is 0 Å². The third-order valence-electron chi connectivity index (χ3n) is 2.96. The number of anilines is 2. The lowest BCUT2D eigenvalue weighted by Gasteiger charge is -2.22. The fourth-order valence-corrected chi connectivity index (χ4v) is 1.69. The summed E-state index contributed by atoms with van der Waals surface area (Å²) >= 11 is 0. The normalized spacial score (nSPS) is 12.3. The third-order valence-corrected chi connectivity index (χ3v) is 2.96. The van der Waals surface area contributed by atoms with Crippen molar-refractivity contribution in [1.29, 1.82) is 0 Å². The zero-order valence-electron chi connectivity index (χ0n) is 12.0. The first-order valence-corrected chi connectivity index (χ1v) is 6.36. The number of methoxy groups -OCH3 is 1. The van der Waals surface area contributed by atoms with Crippen molar-refractivity contribution >= 4 is 11.6 Å². The molecule has 1 heterocycles. The maximum Gasteiger partial charge on any atom is 0.158 e. The first kappa shape index (κ1) is 14.7. The predicted molar refractivity (Wildman–Crippen MR) is 75.0 cm³/mol. The number of rotatable bonds is 7. The van der Waals surface area contributed by atoms with E-state index in [9.17, 15) is 0 Å². The van der Waals surface area contributed by atoms with Crippen molar-refractivity contribution in [3.05, 3.63) is 11.9 Å². The van der Waals surface area contributed by atoms with Crippen LogP contribution in [0.2, 0.25) is 0 Å². The van der Waals surface area contributed by atoms with E-state index < -0.39 is 0 Å². The van der Waals surface area contributed by atoms with E-state index >= 15 is 0 Å². The first-order valence-electron chi connectivity index (χ1n) is 6.36. The molecule has 5 heteroatoms. The molecule has 0 saturated carbocycles. The second-order valence-corrected chi connectivity index (χ2v) is 4.60. The Balaban J connectivity index is 2.88. The van der Waals surface area contributed by atoms with Gasteiger partial charge in [-0.25, -0.2) is 9.97 Å². The number of hydrogen-bond donors (Lipinski definition) is 1. The van der Waals surface area contributed by atoms with Gasteiger partial charge in [-0.1, -0.05) is 20.3 Å². The molecule has 1 N–H and O–H groups in total. The van der Waals surface area contributed by atoms with Gasteiger partial charge in [-0.2, -0.15) is 0 Å². The molecule has 0 aliphatic carbocycles. The molecular formula is C13H24N4O. The van der Waals surface area contributed by atoms with E-state index in [-0.39, 0.29) is 0 Å². The number of ether oxygens (including phenoxy) is 1. The molecule has 0 spiro atoms. The van der Waals surface area contributed by atoms with Crippen LogP contribution in [0.4, 0.5) is 11.6 Å². The summed E-state index contributed by atoms with van der Waals surface area (Å²) in [5, 5.41) is 3.06. The summed E-state index contributed by atoms with van der Waals surface area (Å²) in [5.41, 5.74) is 0. The van der Waals surface area contributed by atoms with Crippen LogP contribution in [0, 0.1) is 5.92 Å². The van der Waals surface area contributed by atoms with Gasteiger partial charge in [0.05, 0.1) is 0 Å². The van der Waals surface area contributed by atoms with Gasteiger partial charge in [-0.3, -0.25) is 0 Å². The summed E-state index contributed by atoms with van der Waals surface area (Å²) in [5.74, 6) is 3.11. The molecule has 0 fully saturated rings. The molecule has 1 rings (SSSR count). The van der Waals surface area contributed by atoms with Gasteiger partial charge in [0.1, 0.15) is 18.2 Å². The molecule has 0 aliphatic rings. The van der Waals surface area contributed by atoms with Gasteiger partial charge in [0, 0.05) is 33.8 Å². The number of hydrogen-bond acceptors (Lipinski definition) is 5. The van der Waals surface area contributed by atoms with E-state index in [1.807, 2.05) is 13.1 Å². The summed E-state index contributed by atoms with van der Waals surface area (Å²) < 4.78 is 5.09. The predicted octanol–water partition coefficient (Wildman–Crippen LogP) is 2.15. The Morgan fingerprint density at radius 2 is 2.17 bits per heavy atom. The largest absolute Gasteiger partial charge is 0.377 e. The molecule has 1 unspecified atom stereocenters. The zero-order chi connectivity index (χ0) is 13.5. The third kappa shape index (κ3) is 4.14.